The molecule has 0 radical (unpaired) electrons. The maximum absolute atomic E-state index is 12.1. The summed E-state index contributed by atoms with van der Waals surface area (Å²) in [5, 5.41) is 10.6. The molecule has 0 bridgehead atoms. The topological polar surface area (TPSA) is 74.6 Å². The van der Waals surface area contributed by atoms with Crippen LogP contribution in [0.1, 0.15) is 32.6 Å². The van der Waals surface area contributed by atoms with Crippen LogP contribution >= 0.6 is 0 Å². The summed E-state index contributed by atoms with van der Waals surface area (Å²) in [5.41, 5.74) is 0. The van der Waals surface area contributed by atoms with Gasteiger partial charge >= 0.3 is 0 Å². The molecule has 128 valence electrons. The number of nitrogens with zero attached hydrogens (tertiary/aromatic N) is 4. The summed E-state index contributed by atoms with van der Waals surface area (Å²) in [4.78, 5) is 18.5. The van der Waals surface area contributed by atoms with Gasteiger partial charge in [-0.2, -0.15) is 5.10 Å². The molecule has 1 aromatic heterocycles. The smallest absolute Gasteiger partial charge is 0.244 e. The van der Waals surface area contributed by atoms with E-state index in [1.807, 2.05) is 28.8 Å². The Morgan fingerprint density at radius 1 is 1.26 bits per heavy atom. The number of aliphatic imine (C=N–C) groups is 1. The van der Waals surface area contributed by atoms with Crippen LogP contribution in [0.2, 0.25) is 0 Å². The molecular weight excluding hydrogens is 292 g/mol. The largest absolute Gasteiger partial charge is 0.357 e. The van der Waals surface area contributed by atoms with Crippen molar-refractivity contribution in [1.82, 2.24) is 25.3 Å². The van der Waals surface area contributed by atoms with E-state index in [4.69, 9.17) is 0 Å². The van der Waals surface area contributed by atoms with Crippen molar-refractivity contribution in [1.29, 1.82) is 0 Å². The van der Waals surface area contributed by atoms with E-state index in [2.05, 4.69) is 20.7 Å². The summed E-state index contributed by atoms with van der Waals surface area (Å²) in [7, 11) is 0. The summed E-state index contributed by atoms with van der Waals surface area (Å²) in [5.74, 6) is 0.830. The van der Waals surface area contributed by atoms with Gasteiger partial charge in [-0.25, -0.2) is 4.99 Å². The quantitative estimate of drug-likeness (QED) is 0.443. The van der Waals surface area contributed by atoms with Crippen molar-refractivity contribution in [2.45, 2.75) is 39.2 Å². The molecule has 2 N–H and O–H groups in total. The van der Waals surface area contributed by atoms with Crippen molar-refractivity contribution in [2.24, 2.45) is 4.99 Å². The van der Waals surface area contributed by atoms with E-state index in [9.17, 15) is 4.79 Å². The first-order valence-corrected chi connectivity index (χ1v) is 8.57. The normalized spacial score (nSPS) is 15.5. The highest BCUT2D eigenvalue weighted by atomic mass is 16.2. The van der Waals surface area contributed by atoms with Crippen LogP contribution in [0.5, 0.6) is 0 Å². The van der Waals surface area contributed by atoms with E-state index in [0.29, 0.717) is 5.96 Å². The molecule has 0 unspecified atom stereocenters. The Bertz CT molecular complexity index is 479. The van der Waals surface area contributed by atoms with Crippen LogP contribution in [0.4, 0.5) is 0 Å². The Hall–Kier alpha value is -2.05. The molecule has 7 nitrogen and oxygen atoms in total. The second kappa shape index (κ2) is 9.86. The zero-order valence-electron chi connectivity index (χ0n) is 14.0. The third-order valence-corrected chi connectivity index (χ3v) is 3.84. The summed E-state index contributed by atoms with van der Waals surface area (Å²) in [6, 6.07) is 1.92. The number of piperidine rings is 1. The Balaban J connectivity index is 1.71. The van der Waals surface area contributed by atoms with E-state index < -0.39 is 0 Å². The van der Waals surface area contributed by atoms with E-state index in [1.165, 1.54) is 6.42 Å². The highest BCUT2D eigenvalue weighted by Crippen LogP contribution is 2.08. The lowest BCUT2D eigenvalue weighted by atomic mass is 10.1. The van der Waals surface area contributed by atoms with Gasteiger partial charge in [0, 0.05) is 45.1 Å². The first-order valence-electron chi connectivity index (χ1n) is 8.57. The van der Waals surface area contributed by atoms with Crippen molar-refractivity contribution in [3.8, 4) is 0 Å². The van der Waals surface area contributed by atoms with E-state index in [0.717, 1.165) is 52.0 Å². The minimum Gasteiger partial charge on any atom is -0.357 e. The lowest BCUT2D eigenvalue weighted by Gasteiger charge is -2.26. The number of rotatable bonds is 7. The zero-order chi connectivity index (χ0) is 16.3. The van der Waals surface area contributed by atoms with Crippen molar-refractivity contribution in [3.05, 3.63) is 18.5 Å². The second-order valence-electron chi connectivity index (χ2n) is 5.69. The summed E-state index contributed by atoms with van der Waals surface area (Å²) in [6.07, 6.45) is 8.14. The van der Waals surface area contributed by atoms with Gasteiger partial charge in [-0.1, -0.05) is 0 Å². The molecule has 0 saturated carbocycles. The van der Waals surface area contributed by atoms with E-state index >= 15 is 0 Å². The maximum atomic E-state index is 12.1. The monoisotopic (exact) mass is 320 g/mol. The number of aryl methyl sites for hydroxylation is 1. The van der Waals surface area contributed by atoms with Crippen LogP contribution < -0.4 is 10.6 Å². The van der Waals surface area contributed by atoms with Crippen molar-refractivity contribution in [2.75, 3.05) is 32.7 Å². The van der Waals surface area contributed by atoms with Crippen LogP contribution in [0.25, 0.3) is 0 Å². The molecule has 0 aromatic carbocycles. The maximum Gasteiger partial charge on any atom is 0.244 e. The fourth-order valence-corrected chi connectivity index (χ4v) is 2.61. The Morgan fingerprint density at radius 3 is 2.78 bits per heavy atom. The predicted octanol–water partition coefficient (Wildman–Crippen LogP) is 0.841. The van der Waals surface area contributed by atoms with E-state index in [-0.39, 0.29) is 12.5 Å². The Kier molecular flexibility index (Phi) is 7.42. The molecule has 1 saturated heterocycles. The Labute approximate surface area is 138 Å². The average molecular weight is 320 g/mol. The summed E-state index contributed by atoms with van der Waals surface area (Å²) >= 11 is 0. The second-order valence-corrected chi connectivity index (χ2v) is 5.69. The first-order chi connectivity index (χ1) is 11.3. The molecule has 7 heteroatoms. The third-order valence-electron chi connectivity index (χ3n) is 3.84. The fourth-order valence-electron chi connectivity index (χ4n) is 2.61. The van der Waals surface area contributed by atoms with Crippen LogP contribution in [0, 0.1) is 0 Å². The number of hydrogen-bond acceptors (Lipinski definition) is 3. The predicted molar refractivity (Wildman–Crippen MR) is 91.3 cm³/mol. The number of carbonyl (C=O) groups excluding carboxylic acids is 1. The van der Waals surface area contributed by atoms with Crippen LogP contribution in [-0.4, -0.2) is 59.3 Å². The van der Waals surface area contributed by atoms with Gasteiger partial charge in [0.2, 0.25) is 5.91 Å². The van der Waals surface area contributed by atoms with Gasteiger partial charge in [-0.05, 0) is 38.7 Å². The minimum absolute atomic E-state index is 0.124. The molecular formula is C16H28N6O. The number of hydrogen-bond donors (Lipinski definition) is 2. The lowest BCUT2D eigenvalue weighted by Crippen LogP contribution is -2.40. The van der Waals surface area contributed by atoms with E-state index in [1.54, 1.807) is 6.20 Å². The van der Waals surface area contributed by atoms with Gasteiger partial charge < -0.3 is 15.5 Å². The molecule has 1 aliphatic heterocycles. The van der Waals surface area contributed by atoms with Crippen LogP contribution in [0.15, 0.2) is 23.5 Å². The number of aromatic nitrogens is 2. The van der Waals surface area contributed by atoms with Crippen LogP contribution in [0.3, 0.4) is 0 Å². The lowest BCUT2D eigenvalue weighted by molar-refractivity contribution is -0.130. The molecule has 1 aliphatic rings. The van der Waals surface area contributed by atoms with Crippen molar-refractivity contribution in [3.63, 3.8) is 0 Å². The van der Waals surface area contributed by atoms with Gasteiger partial charge in [-0.3, -0.25) is 9.48 Å². The molecule has 1 amide bonds. The molecule has 1 aromatic rings. The van der Waals surface area contributed by atoms with Crippen molar-refractivity contribution < 1.29 is 4.79 Å². The summed E-state index contributed by atoms with van der Waals surface area (Å²) in [6.45, 7) is 6.44. The number of likely N-dealkylation sites (tertiary alicyclic amines) is 1. The number of guanidine groups is 1. The molecule has 1 fully saturated rings. The standard InChI is InChI=1S/C16H28N6O/c1-2-17-16(18-8-6-12-22-13-7-9-20-22)19-14-15(23)21-10-4-3-5-11-21/h7,9,13H,2-6,8,10-12,14H2,1H3,(H2,17,18,19). The third kappa shape index (κ3) is 6.30. The number of carbonyl (C=O) groups is 1. The van der Waals surface area contributed by atoms with Gasteiger partial charge in [0.1, 0.15) is 6.54 Å². The van der Waals surface area contributed by atoms with Gasteiger partial charge in [-0.15, -0.1) is 0 Å². The molecule has 0 spiro atoms. The number of nitrogens with one attached hydrogen (secondary N) is 2. The Morgan fingerprint density at radius 2 is 2.09 bits per heavy atom. The van der Waals surface area contributed by atoms with Gasteiger partial charge in [0.25, 0.3) is 0 Å². The summed E-state index contributed by atoms with van der Waals surface area (Å²) < 4.78 is 1.91. The van der Waals surface area contributed by atoms with Crippen molar-refractivity contribution >= 4 is 11.9 Å². The molecule has 23 heavy (non-hydrogen) atoms. The van der Waals surface area contributed by atoms with Crippen LogP contribution in [-0.2, 0) is 11.3 Å². The highest BCUT2D eigenvalue weighted by molar-refractivity contribution is 5.84. The fraction of sp³-hybridized carbons (Fsp3) is 0.688. The van der Waals surface area contributed by atoms with Gasteiger partial charge in [0.15, 0.2) is 5.96 Å². The highest BCUT2D eigenvalue weighted by Gasteiger charge is 2.15. The molecule has 2 heterocycles. The SMILES string of the molecule is CCNC(=NCC(=O)N1CCCCC1)NCCCn1cccn1. The molecule has 0 atom stereocenters. The number of amides is 1. The average Bonchev–Trinajstić information content (AvgIpc) is 3.10. The zero-order valence-corrected chi connectivity index (χ0v) is 14.0. The molecule has 0 aliphatic carbocycles. The minimum atomic E-state index is 0.124. The molecule has 2 rings (SSSR count). The first kappa shape index (κ1) is 17.3. The van der Waals surface area contributed by atoms with Gasteiger partial charge in [0.05, 0.1) is 0 Å².